The average Bonchev–Trinajstić information content (AvgIpc) is 2.93. The van der Waals surface area contributed by atoms with Crippen molar-refractivity contribution in [3.63, 3.8) is 0 Å². The molecule has 0 heterocycles. The van der Waals surface area contributed by atoms with Crippen molar-refractivity contribution in [2.24, 2.45) is 5.92 Å². The molecule has 0 radical (unpaired) electrons. The first-order chi connectivity index (χ1) is 18.5. The number of nitrogens with zero attached hydrogens (tertiary/aromatic N) is 2. The first-order valence-corrected chi connectivity index (χ1v) is 14.0. The summed E-state index contributed by atoms with van der Waals surface area (Å²) >= 11 is 0. The SMILES string of the molecule is COc1cccc(CN(C(=O)CN(c2ccc(F)cc2)S(=O)(=O)c2ccccc2)C(C)C(=O)NCC(C)C)c1. The van der Waals surface area contributed by atoms with Gasteiger partial charge in [0, 0.05) is 13.1 Å². The van der Waals surface area contributed by atoms with Crippen molar-refractivity contribution in [3.8, 4) is 5.75 Å². The third kappa shape index (κ3) is 7.79. The van der Waals surface area contributed by atoms with E-state index < -0.39 is 34.3 Å². The van der Waals surface area contributed by atoms with Crippen LogP contribution in [0.15, 0.2) is 83.8 Å². The molecule has 0 aliphatic carbocycles. The lowest BCUT2D eigenvalue weighted by molar-refractivity contribution is -0.139. The molecule has 1 unspecified atom stereocenters. The van der Waals surface area contributed by atoms with Crippen LogP contribution in [0.4, 0.5) is 10.1 Å². The predicted molar refractivity (Wildman–Crippen MR) is 148 cm³/mol. The second-order valence-electron chi connectivity index (χ2n) is 9.49. The zero-order valence-corrected chi connectivity index (χ0v) is 23.3. The fourth-order valence-corrected chi connectivity index (χ4v) is 5.29. The van der Waals surface area contributed by atoms with Gasteiger partial charge < -0.3 is 15.0 Å². The maximum atomic E-state index is 13.8. The highest BCUT2D eigenvalue weighted by Crippen LogP contribution is 2.25. The Hall–Kier alpha value is -3.92. The number of nitrogens with one attached hydrogen (secondary N) is 1. The van der Waals surface area contributed by atoms with Crippen molar-refractivity contribution >= 4 is 27.5 Å². The number of rotatable bonds is 12. The molecule has 208 valence electrons. The van der Waals surface area contributed by atoms with E-state index in [9.17, 15) is 22.4 Å². The van der Waals surface area contributed by atoms with E-state index in [-0.39, 0.29) is 29.0 Å². The Morgan fingerprint density at radius 3 is 2.23 bits per heavy atom. The first-order valence-electron chi connectivity index (χ1n) is 12.6. The molecule has 0 bridgehead atoms. The molecule has 0 aliphatic rings. The van der Waals surface area contributed by atoms with Crippen LogP contribution in [0.3, 0.4) is 0 Å². The van der Waals surface area contributed by atoms with Gasteiger partial charge in [-0.25, -0.2) is 12.8 Å². The molecule has 0 spiro atoms. The van der Waals surface area contributed by atoms with E-state index in [0.717, 1.165) is 16.4 Å². The summed E-state index contributed by atoms with van der Waals surface area (Å²) in [6, 6.07) is 18.7. The Labute approximate surface area is 229 Å². The molecule has 3 rings (SSSR count). The van der Waals surface area contributed by atoms with Crippen LogP contribution in [0.5, 0.6) is 5.75 Å². The molecule has 2 amide bonds. The predicted octanol–water partition coefficient (Wildman–Crippen LogP) is 4.22. The molecular formula is C29H34FN3O5S. The fourth-order valence-electron chi connectivity index (χ4n) is 3.86. The number of benzene rings is 3. The molecule has 0 saturated carbocycles. The second-order valence-corrected chi connectivity index (χ2v) is 11.4. The number of carbonyl (C=O) groups is 2. The minimum absolute atomic E-state index is 0.0239. The highest BCUT2D eigenvalue weighted by molar-refractivity contribution is 7.92. The molecule has 0 aliphatic heterocycles. The van der Waals surface area contributed by atoms with Crippen LogP contribution >= 0.6 is 0 Å². The number of hydrogen-bond acceptors (Lipinski definition) is 5. The van der Waals surface area contributed by atoms with Crippen LogP contribution < -0.4 is 14.4 Å². The number of methoxy groups -OCH3 is 1. The van der Waals surface area contributed by atoms with Crippen molar-refractivity contribution in [2.75, 3.05) is 24.5 Å². The molecule has 0 fully saturated rings. The monoisotopic (exact) mass is 555 g/mol. The van der Waals surface area contributed by atoms with Gasteiger partial charge in [-0.15, -0.1) is 0 Å². The summed E-state index contributed by atoms with van der Waals surface area (Å²) in [5.41, 5.74) is 0.817. The summed E-state index contributed by atoms with van der Waals surface area (Å²) in [5.74, 6) is -0.727. The van der Waals surface area contributed by atoms with Crippen LogP contribution in [-0.4, -0.2) is 51.4 Å². The van der Waals surface area contributed by atoms with Gasteiger partial charge in [0.05, 0.1) is 17.7 Å². The van der Waals surface area contributed by atoms with Crippen molar-refractivity contribution in [1.29, 1.82) is 0 Å². The lowest BCUT2D eigenvalue weighted by Gasteiger charge is -2.32. The van der Waals surface area contributed by atoms with E-state index in [1.54, 1.807) is 49.4 Å². The minimum atomic E-state index is -4.20. The lowest BCUT2D eigenvalue weighted by Crippen LogP contribution is -2.51. The highest BCUT2D eigenvalue weighted by Gasteiger charge is 2.32. The zero-order valence-electron chi connectivity index (χ0n) is 22.5. The summed E-state index contributed by atoms with van der Waals surface area (Å²) < 4.78 is 47.2. The standard InChI is InChI=1S/C29H34FN3O5S/c1-21(2)18-31-29(35)22(3)32(19-23-9-8-10-26(17-23)38-4)28(34)20-33(25-15-13-24(30)14-16-25)39(36,37)27-11-6-5-7-12-27/h5-17,21-22H,18-20H2,1-4H3,(H,31,35). The van der Waals surface area contributed by atoms with Crippen LogP contribution in [-0.2, 0) is 26.2 Å². The molecule has 10 heteroatoms. The van der Waals surface area contributed by atoms with Gasteiger partial charge in [0.2, 0.25) is 11.8 Å². The van der Waals surface area contributed by atoms with Gasteiger partial charge in [-0.2, -0.15) is 0 Å². The van der Waals surface area contributed by atoms with Crippen molar-refractivity contribution < 1.29 is 27.1 Å². The van der Waals surface area contributed by atoms with E-state index >= 15 is 0 Å². The van der Waals surface area contributed by atoms with Crippen LogP contribution in [0.1, 0.15) is 26.3 Å². The Bertz CT molecular complexity index is 1370. The number of sulfonamides is 1. The van der Waals surface area contributed by atoms with Crippen molar-refractivity contribution in [3.05, 3.63) is 90.2 Å². The molecule has 1 atom stereocenters. The summed E-state index contributed by atoms with van der Waals surface area (Å²) in [5, 5.41) is 2.84. The minimum Gasteiger partial charge on any atom is -0.497 e. The number of hydrogen-bond donors (Lipinski definition) is 1. The van der Waals surface area contributed by atoms with E-state index in [2.05, 4.69) is 5.32 Å². The van der Waals surface area contributed by atoms with Gasteiger partial charge in [0.25, 0.3) is 10.0 Å². The quantitative estimate of drug-likeness (QED) is 0.361. The molecule has 3 aromatic rings. The van der Waals surface area contributed by atoms with Crippen LogP contribution in [0.25, 0.3) is 0 Å². The van der Waals surface area contributed by atoms with Gasteiger partial charge in [0.15, 0.2) is 0 Å². The number of ether oxygens (including phenoxy) is 1. The first kappa shape index (κ1) is 29.6. The highest BCUT2D eigenvalue weighted by atomic mass is 32.2. The molecule has 1 N–H and O–H groups in total. The Balaban J connectivity index is 2.00. The molecule has 0 aromatic heterocycles. The summed E-state index contributed by atoms with van der Waals surface area (Å²) in [6.07, 6.45) is 0. The molecule has 8 nitrogen and oxygen atoms in total. The number of anilines is 1. The molecule has 0 saturated heterocycles. The molecular weight excluding hydrogens is 521 g/mol. The van der Waals surface area contributed by atoms with E-state index in [1.807, 2.05) is 13.8 Å². The van der Waals surface area contributed by atoms with Crippen LogP contribution in [0, 0.1) is 11.7 Å². The van der Waals surface area contributed by atoms with Crippen LogP contribution in [0.2, 0.25) is 0 Å². The van der Waals surface area contributed by atoms with Gasteiger partial charge in [0.1, 0.15) is 24.2 Å². The summed E-state index contributed by atoms with van der Waals surface area (Å²) in [6.45, 7) is 5.37. The topological polar surface area (TPSA) is 96.0 Å². The lowest BCUT2D eigenvalue weighted by atomic mass is 10.1. The Morgan fingerprint density at radius 1 is 0.949 bits per heavy atom. The van der Waals surface area contributed by atoms with Crippen molar-refractivity contribution in [1.82, 2.24) is 10.2 Å². The fraction of sp³-hybridized carbons (Fsp3) is 0.310. The third-order valence-electron chi connectivity index (χ3n) is 6.06. The van der Waals surface area contributed by atoms with Gasteiger partial charge in [-0.3, -0.25) is 13.9 Å². The third-order valence-corrected chi connectivity index (χ3v) is 7.85. The maximum Gasteiger partial charge on any atom is 0.264 e. The normalized spacial score (nSPS) is 12.1. The van der Waals surface area contributed by atoms with E-state index in [0.29, 0.717) is 17.9 Å². The number of halogens is 1. The average molecular weight is 556 g/mol. The molecule has 3 aromatic carbocycles. The van der Waals surface area contributed by atoms with E-state index in [1.165, 1.54) is 36.3 Å². The molecule has 39 heavy (non-hydrogen) atoms. The van der Waals surface area contributed by atoms with Crippen molar-refractivity contribution in [2.45, 2.75) is 38.3 Å². The summed E-state index contributed by atoms with van der Waals surface area (Å²) in [7, 11) is -2.68. The zero-order chi connectivity index (χ0) is 28.6. The second kappa shape index (κ2) is 13.2. The number of amides is 2. The Kier molecular flexibility index (Phi) is 10.1. The smallest absolute Gasteiger partial charge is 0.264 e. The largest absolute Gasteiger partial charge is 0.497 e. The van der Waals surface area contributed by atoms with Gasteiger partial charge in [-0.1, -0.05) is 44.2 Å². The Morgan fingerprint density at radius 2 is 1.62 bits per heavy atom. The number of carbonyl (C=O) groups excluding carboxylic acids is 2. The van der Waals surface area contributed by atoms with Gasteiger partial charge in [-0.05, 0) is 66.9 Å². The summed E-state index contributed by atoms with van der Waals surface area (Å²) in [4.78, 5) is 28.2. The maximum absolute atomic E-state index is 13.8. The van der Waals surface area contributed by atoms with E-state index in [4.69, 9.17) is 4.74 Å². The van der Waals surface area contributed by atoms with Gasteiger partial charge >= 0.3 is 0 Å².